The second-order valence-corrected chi connectivity index (χ2v) is 6.30. The van der Waals surface area contributed by atoms with E-state index >= 15 is 0 Å². The number of H-pyrrole nitrogens is 1. The Bertz CT molecular complexity index is 1090. The number of hydrogen-bond acceptors (Lipinski definition) is 5. The fraction of sp³-hybridized carbons (Fsp3) is 0.263. The van der Waals surface area contributed by atoms with Gasteiger partial charge in [0.2, 0.25) is 5.95 Å². The highest BCUT2D eigenvalue weighted by atomic mass is 19.3. The topological polar surface area (TPSA) is 84.3 Å². The van der Waals surface area contributed by atoms with Crippen molar-refractivity contribution in [3.63, 3.8) is 0 Å². The van der Waals surface area contributed by atoms with Gasteiger partial charge in [-0.3, -0.25) is 4.68 Å². The van der Waals surface area contributed by atoms with Crippen LogP contribution in [0.1, 0.15) is 13.3 Å². The SMILES string of the molecule is CCCNc1nccc(-c2cn(CC(F)F)nc2-c2ccnc3[nH]ccc23)n1. The first-order valence-electron chi connectivity index (χ1n) is 9.01. The van der Waals surface area contributed by atoms with Crippen LogP contribution in [-0.4, -0.2) is 42.7 Å². The maximum Gasteiger partial charge on any atom is 0.257 e. The Kier molecular flexibility index (Phi) is 4.96. The minimum atomic E-state index is -2.50. The van der Waals surface area contributed by atoms with E-state index in [4.69, 9.17) is 0 Å². The Morgan fingerprint density at radius 1 is 1.14 bits per heavy atom. The second-order valence-electron chi connectivity index (χ2n) is 6.30. The maximum absolute atomic E-state index is 13.0. The fourth-order valence-electron chi connectivity index (χ4n) is 3.04. The van der Waals surface area contributed by atoms with E-state index in [1.807, 2.05) is 12.1 Å². The summed E-state index contributed by atoms with van der Waals surface area (Å²) in [5, 5.41) is 8.44. The fourth-order valence-corrected chi connectivity index (χ4v) is 3.04. The standard InChI is InChI=1S/C19H19F2N7/c1-2-6-24-19-25-9-5-15(26-19)14-10-28(11-16(20)21)27-17(14)12-3-7-22-18-13(12)4-8-23-18/h3-5,7-10,16H,2,6,11H2,1H3,(H,22,23)(H,24,25,26). The van der Waals surface area contributed by atoms with Gasteiger partial charge in [-0.2, -0.15) is 5.10 Å². The Labute approximate surface area is 159 Å². The lowest BCUT2D eigenvalue weighted by Crippen LogP contribution is -2.06. The summed E-state index contributed by atoms with van der Waals surface area (Å²) in [6, 6.07) is 5.47. The first-order chi connectivity index (χ1) is 13.7. The molecule has 9 heteroatoms. The zero-order valence-electron chi connectivity index (χ0n) is 15.2. The molecule has 4 aromatic heterocycles. The highest BCUT2D eigenvalue weighted by Crippen LogP contribution is 2.34. The maximum atomic E-state index is 13.0. The van der Waals surface area contributed by atoms with Gasteiger partial charge in [-0.05, 0) is 24.6 Å². The molecule has 0 aliphatic rings. The van der Waals surface area contributed by atoms with Crippen LogP contribution in [0.15, 0.2) is 43.0 Å². The molecule has 0 fully saturated rings. The summed E-state index contributed by atoms with van der Waals surface area (Å²) in [4.78, 5) is 16.1. The zero-order valence-corrected chi connectivity index (χ0v) is 15.2. The Morgan fingerprint density at radius 2 is 2.00 bits per heavy atom. The minimum Gasteiger partial charge on any atom is -0.354 e. The predicted octanol–water partition coefficient (Wildman–Crippen LogP) is 3.97. The quantitative estimate of drug-likeness (QED) is 0.504. The third-order valence-electron chi connectivity index (χ3n) is 4.27. The number of nitrogens with zero attached hydrogens (tertiary/aromatic N) is 5. The lowest BCUT2D eigenvalue weighted by Gasteiger charge is -2.06. The molecule has 2 N–H and O–H groups in total. The van der Waals surface area contributed by atoms with Crippen molar-refractivity contribution in [3.05, 3.63) is 43.0 Å². The van der Waals surface area contributed by atoms with Crippen molar-refractivity contribution in [2.75, 3.05) is 11.9 Å². The Hall–Kier alpha value is -3.36. The smallest absolute Gasteiger partial charge is 0.257 e. The van der Waals surface area contributed by atoms with E-state index in [0.29, 0.717) is 28.5 Å². The molecule has 0 aromatic carbocycles. The number of pyridine rings is 1. The largest absolute Gasteiger partial charge is 0.354 e. The van der Waals surface area contributed by atoms with Crippen molar-refractivity contribution in [2.45, 2.75) is 26.3 Å². The van der Waals surface area contributed by atoms with Gasteiger partial charge in [0.15, 0.2) is 0 Å². The van der Waals surface area contributed by atoms with Crippen LogP contribution in [0.5, 0.6) is 0 Å². The molecule has 0 saturated carbocycles. The first kappa shape index (κ1) is 18.0. The molecular weight excluding hydrogens is 364 g/mol. The van der Waals surface area contributed by atoms with Crippen LogP contribution in [0.2, 0.25) is 0 Å². The van der Waals surface area contributed by atoms with Crippen molar-refractivity contribution in [2.24, 2.45) is 0 Å². The Morgan fingerprint density at radius 3 is 2.82 bits per heavy atom. The van der Waals surface area contributed by atoms with Crippen LogP contribution in [0.3, 0.4) is 0 Å². The van der Waals surface area contributed by atoms with Gasteiger partial charge in [0.05, 0.1) is 5.69 Å². The van der Waals surface area contributed by atoms with Crippen molar-refractivity contribution in [1.82, 2.24) is 29.7 Å². The molecule has 0 spiro atoms. The van der Waals surface area contributed by atoms with Crippen LogP contribution in [0, 0.1) is 0 Å². The molecule has 0 atom stereocenters. The van der Waals surface area contributed by atoms with E-state index in [1.54, 1.807) is 30.9 Å². The number of anilines is 1. The number of nitrogens with one attached hydrogen (secondary N) is 2. The molecule has 4 rings (SSSR count). The van der Waals surface area contributed by atoms with E-state index in [0.717, 1.165) is 23.9 Å². The molecule has 0 amide bonds. The van der Waals surface area contributed by atoms with E-state index in [1.165, 1.54) is 4.68 Å². The summed E-state index contributed by atoms with van der Waals surface area (Å²) in [6.07, 6.45) is 5.14. The lowest BCUT2D eigenvalue weighted by molar-refractivity contribution is 0.122. The van der Waals surface area contributed by atoms with E-state index in [-0.39, 0.29) is 0 Å². The van der Waals surface area contributed by atoms with Gasteiger partial charge in [-0.1, -0.05) is 6.92 Å². The van der Waals surface area contributed by atoms with Crippen molar-refractivity contribution in [1.29, 1.82) is 0 Å². The predicted molar refractivity (Wildman–Crippen MR) is 103 cm³/mol. The number of fused-ring (bicyclic) bond motifs is 1. The van der Waals surface area contributed by atoms with Gasteiger partial charge in [-0.25, -0.2) is 23.7 Å². The van der Waals surface area contributed by atoms with Crippen molar-refractivity contribution < 1.29 is 8.78 Å². The number of alkyl halides is 2. The van der Waals surface area contributed by atoms with Gasteiger partial charge in [0.25, 0.3) is 6.43 Å². The van der Waals surface area contributed by atoms with Crippen molar-refractivity contribution in [3.8, 4) is 22.5 Å². The number of aromatic amines is 1. The minimum absolute atomic E-state index is 0.486. The number of hydrogen-bond donors (Lipinski definition) is 2. The van der Waals surface area contributed by atoms with E-state index in [9.17, 15) is 8.78 Å². The van der Waals surface area contributed by atoms with Gasteiger partial charge in [0.1, 0.15) is 17.9 Å². The van der Waals surface area contributed by atoms with E-state index < -0.39 is 13.0 Å². The molecule has 0 radical (unpaired) electrons. The van der Waals surface area contributed by atoms with Crippen LogP contribution in [0.4, 0.5) is 14.7 Å². The van der Waals surface area contributed by atoms with Gasteiger partial charge in [-0.15, -0.1) is 0 Å². The molecule has 4 heterocycles. The normalized spacial score (nSPS) is 11.4. The summed E-state index contributed by atoms with van der Waals surface area (Å²) in [6.45, 7) is 2.31. The number of rotatable bonds is 7. The monoisotopic (exact) mass is 383 g/mol. The third-order valence-corrected chi connectivity index (χ3v) is 4.27. The summed E-state index contributed by atoms with van der Waals surface area (Å²) in [5.41, 5.74) is 3.37. The second kappa shape index (κ2) is 7.71. The highest BCUT2D eigenvalue weighted by Gasteiger charge is 2.19. The molecule has 28 heavy (non-hydrogen) atoms. The van der Waals surface area contributed by atoms with Crippen LogP contribution in [-0.2, 0) is 6.54 Å². The summed E-state index contributed by atoms with van der Waals surface area (Å²) in [5.74, 6) is 0.494. The molecular formula is C19H19F2N7. The lowest BCUT2D eigenvalue weighted by atomic mass is 10.0. The highest BCUT2D eigenvalue weighted by molar-refractivity contribution is 5.95. The van der Waals surface area contributed by atoms with Gasteiger partial charge < -0.3 is 10.3 Å². The number of halogens is 2. The third kappa shape index (κ3) is 3.55. The van der Waals surface area contributed by atoms with Crippen LogP contribution < -0.4 is 5.32 Å². The average Bonchev–Trinajstić information content (AvgIpc) is 3.33. The average molecular weight is 383 g/mol. The summed E-state index contributed by atoms with van der Waals surface area (Å²) < 4.78 is 27.2. The summed E-state index contributed by atoms with van der Waals surface area (Å²) >= 11 is 0. The first-order valence-corrected chi connectivity index (χ1v) is 9.01. The molecule has 7 nitrogen and oxygen atoms in total. The van der Waals surface area contributed by atoms with Gasteiger partial charge >= 0.3 is 0 Å². The molecule has 4 aromatic rings. The molecule has 0 bridgehead atoms. The zero-order chi connectivity index (χ0) is 19.5. The molecule has 0 saturated heterocycles. The molecule has 0 aliphatic heterocycles. The molecule has 0 aliphatic carbocycles. The van der Waals surface area contributed by atoms with E-state index in [2.05, 4.69) is 37.3 Å². The molecule has 144 valence electrons. The van der Waals surface area contributed by atoms with Crippen LogP contribution >= 0.6 is 0 Å². The Balaban J connectivity index is 1.85. The number of aromatic nitrogens is 6. The summed E-state index contributed by atoms with van der Waals surface area (Å²) in [7, 11) is 0. The van der Waals surface area contributed by atoms with Crippen LogP contribution in [0.25, 0.3) is 33.5 Å². The van der Waals surface area contributed by atoms with Crippen molar-refractivity contribution >= 4 is 17.0 Å². The molecule has 0 unspecified atom stereocenters. The van der Waals surface area contributed by atoms with Gasteiger partial charge in [0, 0.05) is 47.8 Å².